The normalized spacial score (nSPS) is 14.9. The third-order valence-corrected chi connectivity index (χ3v) is 3.16. The van der Waals surface area contributed by atoms with Crippen LogP contribution in [0.5, 0.6) is 0 Å². The molecule has 98 valence electrons. The van der Waals surface area contributed by atoms with E-state index >= 15 is 0 Å². The Labute approximate surface area is 103 Å². The molecular formula is C13H24N2O2. The maximum Gasteiger partial charge on any atom is 0.0972 e. The highest BCUT2D eigenvalue weighted by atomic mass is 16.3. The molecular weight excluding hydrogens is 216 g/mol. The van der Waals surface area contributed by atoms with Gasteiger partial charge in [0.1, 0.15) is 0 Å². The Morgan fingerprint density at radius 3 is 2.53 bits per heavy atom. The van der Waals surface area contributed by atoms with Crippen LogP contribution >= 0.6 is 0 Å². The summed E-state index contributed by atoms with van der Waals surface area (Å²) >= 11 is 0. The molecule has 1 unspecified atom stereocenters. The molecule has 1 aromatic rings. The molecule has 0 amide bonds. The van der Waals surface area contributed by atoms with E-state index in [0.29, 0.717) is 6.54 Å². The first-order valence-electron chi connectivity index (χ1n) is 6.11. The first kappa shape index (κ1) is 14.2. The predicted molar refractivity (Wildman–Crippen MR) is 69.0 cm³/mol. The van der Waals surface area contributed by atoms with Crippen LogP contribution in [0, 0.1) is 13.8 Å². The first-order valence-corrected chi connectivity index (χ1v) is 6.11. The zero-order chi connectivity index (χ0) is 13.1. The van der Waals surface area contributed by atoms with Gasteiger partial charge in [0.25, 0.3) is 0 Å². The smallest absolute Gasteiger partial charge is 0.0972 e. The monoisotopic (exact) mass is 240 g/mol. The lowest BCUT2D eigenvalue weighted by molar-refractivity contribution is 0.00253. The fourth-order valence-electron chi connectivity index (χ4n) is 2.06. The van der Waals surface area contributed by atoms with Crippen LogP contribution in [0.2, 0.25) is 0 Å². The molecule has 0 spiro atoms. The van der Waals surface area contributed by atoms with Crippen molar-refractivity contribution in [3.63, 3.8) is 0 Å². The Kier molecular flexibility index (Phi) is 4.74. The molecule has 0 aromatic carbocycles. The fraction of sp³-hybridized carbons (Fsp3) is 0.692. The molecule has 4 nitrogen and oxygen atoms in total. The molecule has 1 atom stereocenters. The largest absolute Gasteiger partial charge is 0.393 e. The maximum absolute atomic E-state index is 9.66. The zero-order valence-corrected chi connectivity index (χ0v) is 11.2. The van der Waals surface area contributed by atoms with E-state index in [4.69, 9.17) is 5.11 Å². The summed E-state index contributed by atoms with van der Waals surface area (Å²) in [6.45, 7) is 9.82. The summed E-state index contributed by atoms with van der Waals surface area (Å²) in [6.07, 6.45) is 0. The summed E-state index contributed by atoms with van der Waals surface area (Å²) in [6, 6.07) is 2.17. The van der Waals surface area contributed by atoms with Crippen molar-refractivity contribution in [2.75, 3.05) is 13.2 Å². The van der Waals surface area contributed by atoms with E-state index in [9.17, 15) is 5.11 Å². The van der Waals surface area contributed by atoms with Crippen LogP contribution < -0.4 is 5.32 Å². The number of aromatic nitrogens is 1. The number of aliphatic hydroxyl groups excluding tert-OH is 1. The minimum Gasteiger partial charge on any atom is -0.393 e. The molecule has 17 heavy (non-hydrogen) atoms. The number of hydrogen-bond donors (Lipinski definition) is 3. The highest BCUT2D eigenvalue weighted by Gasteiger charge is 2.18. The molecule has 0 bridgehead atoms. The molecule has 1 rings (SSSR count). The van der Waals surface area contributed by atoms with Gasteiger partial charge in [-0.25, -0.2) is 0 Å². The Balaban J connectivity index is 2.59. The summed E-state index contributed by atoms with van der Waals surface area (Å²) in [7, 11) is 0. The van der Waals surface area contributed by atoms with Gasteiger partial charge in [-0.3, -0.25) is 0 Å². The number of rotatable bonds is 6. The second-order valence-corrected chi connectivity index (χ2v) is 4.90. The molecule has 0 radical (unpaired) electrons. The van der Waals surface area contributed by atoms with Crippen LogP contribution in [0.4, 0.5) is 0 Å². The molecule has 0 saturated carbocycles. The van der Waals surface area contributed by atoms with Crippen LogP contribution in [0.15, 0.2) is 6.07 Å². The van der Waals surface area contributed by atoms with E-state index < -0.39 is 5.60 Å². The SMILES string of the molecule is CCn1c(C)cc(CNCC(C)(O)CO)c1C. The number of aliphatic hydroxyl groups is 2. The average Bonchev–Trinajstić information content (AvgIpc) is 2.54. The standard InChI is InChI=1S/C13H24N2O2/c1-5-15-10(2)6-12(11(15)3)7-14-8-13(4,17)9-16/h6,14,16-17H,5,7-9H2,1-4H3. The molecule has 0 saturated heterocycles. The molecule has 4 heteroatoms. The van der Waals surface area contributed by atoms with Crippen molar-refractivity contribution in [1.82, 2.24) is 9.88 Å². The number of aryl methyl sites for hydroxylation is 1. The minimum absolute atomic E-state index is 0.228. The highest BCUT2D eigenvalue weighted by molar-refractivity contribution is 5.26. The van der Waals surface area contributed by atoms with Crippen molar-refractivity contribution in [3.05, 3.63) is 23.0 Å². The van der Waals surface area contributed by atoms with Gasteiger partial charge in [0.05, 0.1) is 12.2 Å². The summed E-state index contributed by atoms with van der Waals surface area (Å²) < 4.78 is 2.27. The lowest BCUT2D eigenvalue weighted by Gasteiger charge is -2.20. The minimum atomic E-state index is -1.05. The van der Waals surface area contributed by atoms with Gasteiger partial charge in [-0.2, -0.15) is 0 Å². The van der Waals surface area contributed by atoms with Crippen LogP contribution in [-0.2, 0) is 13.1 Å². The molecule has 1 heterocycles. The van der Waals surface area contributed by atoms with E-state index in [-0.39, 0.29) is 6.61 Å². The van der Waals surface area contributed by atoms with Gasteiger partial charge in [0.15, 0.2) is 0 Å². The lowest BCUT2D eigenvalue weighted by Crippen LogP contribution is -2.40. The third-order valence-electron chi connectivity index (χ3n) is 3.16. The van der Waals surface area contributed by atoms with Crippen LogP contribution in [0.25, 0.3) is 0 Å². The van der Waals surface area contributed by atoms with Crippen molar-refractivity contribution in [2.24, 2.45) is 0 Å². The summed E-state index contributed by atoms with van der Waals surface area (Å²) in [5.41, 5.74) is 2.73. The summed E-state index contributed by atoms with van der Waals surface area (Å²) in [4.78, 5) is 0. The number of hydrogen-bond acceptors (Lipinski definition) is 3. The van der Waals surface area contributed by atoms with Crippen molar-refractivity contribution < 1.29 is 10.2 Å². The molecule has 1 aromatic heterocycles. The van der Waals surface area contributed by atoms with Gasteiger partial charge in [-0.15, -0.1) is 0 Å². The van der Waals surface area contributed by atoms with E-state index in [2.05, 4.69) is 36.7 Å². The van der Waals surface area contributed by atoms with E-state index in [0.717, 1.165) is 13.1 Å². The Hall–Kier alpha value is -0.840. The van der Waals surface area contributed by atoms with E-state index in [1.54, 1.807) is 6.92 Å². The Bertz CT molecular complexity index is 370. The lowest BCUT2D eigenvalue weighted by atomic mass is 10.1. The topological polar surface area (TPSA) is 57.4 Å². The number of nitrogens with zero attached hydrogens (tertiary/aromatic N) is 1. The fourth-order valence-corrected chi connectivity index (χ4v) is 2.06. The second-order valence-electron chi connectivity index (χ2n) is 4.90. The Morgan fingerprint density at radius 2 is 2.06 bits per heavy atom. The van der Waals surface area contributed by atoms with Gasteiger partial charge in [-0.05, 0) is 39.3 Å². The van der Waals surface area contributed by atoms with Crippen LogP contribution in [-0.4, -0.2) is 33.5 Å². The van der Waals surface area contributed by atoms with Crippen molar-refractivity contribution in [1.29, 1.82) is 0 Å². The van der Waals surface area contributed by atoms with Crippen molar-refractivity contribution in [2.45, 2.75) is 46.4 Å². The number of nitrogens with one attached hydrogen (secondary N) is 1. The van der Waals surface area contributed by atoms with E-state index in [1.807, 2.05) is 0 Å². The van der Waals surface area contributed by atoms with Crippen LogP contribution in [0.1, 0.15) is 30.8 Å². The van der Waals surface area contributed by atoms with Crippen molar-refractivity contribution >= 4 is 0 Å². The molecule has 0 fully saturated rings. The third kappa shape index (κ3) is 3.56. The molecule has 0 aliphatic heterocycles. The van der Waals surface area contributed by atoms with Gasteiger partial charge in [0, 0.05) is 31.0 Å². The van der Waals surface area contributed by atoms with Gasteiger partial charge in [-0.1, -0.05) is 0 Å². The van der Waals surface area contributed by atoms with Crippen molar-refractivity contribution in [3.8, 4) is 0 Å². The summed E-state index contributed by atoms with van der Waals surface area (Å²) in [5, 5.41) is 21.8. The zero-order valence-electron chi connectivity index (χ0n) is 11.2. The van der Waals surface area contributed by atoms with Gasteiger partial charge >= 0.3 is 0 Å². The molecule has 0 aliphatic rings. The predicted octanol–water partition coefficient (Wildman–Crippen LogP) is 0.958. The molecule has 0 aliphatic carbocycles. The van der Waals surface area contributed by atoms with Crippen LogP contribution in [0.3, 0.4) is 0 Å². The average molecular weight is 240 g/mol. The summed E-state index contributed by atoms with van der Waals surface area (Å²) in [5.74, 6) is 0. The molecule has 3 N–H and O–H groups in total. The van der Waals surface area contributed by atoms with Gasteiger partial charge < -0.3 is 20.1 Å². The van der Waals surface area contributed by atoms with Gasteiger partial charge in [0.2, 0.25) is 0 Å². The maximum atomic E-state index is 9.66. The Morgan fingerprint density at radius 1 is 1.41 bits per heavy atom. The highest BCUT2D eigenvalue weighted by Crippen LogP contribution is 2.14. The van der Waals surface area contributed by atoms with E-state index in [1.165, 1.54) is 17.0 Å². The quantitative estimate of drug-likeness (QED) is 0.694. The first-order chi connectivity index (χ1) is 7.91. The second kappa shape index (κ2) is 5.67.